The van der Waals surface area contributed by atoms with Gasteiger partial charge in [0, 0.05) is 0 Å². The van der Waals surface area contributed by atoms with Crippen molar-refractivity contribution in [3.63, 3.8) is 0 Å². The fraction of sp³-hybridized carbons (Fsp3) is 0.458. The fourth-order valence-corrected chi connectivity index (χ4v) is 3.40. The zero-order valence-corrected chi connectivity index (χ0v) is 18.6. The van der Waals surface area contributed by atoms with Gasteiger partial charge in [0.2, 0.25) is 5.69 Å². The Morgan fingerprint density at radius 1 is 0.969 bits per heavy atom. The van der Waals surface area contributed by atoms with Crippen LogP contribution < -0.4 is 4.74 Å². The van der Waals surface area contributed by atoms with Crippen molar-refractivity contribution < 1.29 is 23.8 Å². The van der Waals surface area contributed by atoms with Gasteiger partial charge in [-0.3, -0.25) is 4.90 Å². The number of hydrogen-bond donors (Lipinski definition) is 0. The molecule has 170 valence electrons. The molecular weight excluding hydrogens is 410 g/mol. The maximum absolute atomic E-state index is 12.8. The zero-order chi connectivity index (χ0) is 22.8. The molecule has 8 nitrogen and oxygen atoms in total. The molecule has 0 atom stereocenters. The molecule has 0 saturated carbocycles. The minimum absolute atomic E-state index is 0.0482. The van der Waals surface area contributed by atoms with E-state index >= 15 is 0 Å². The lowest BCUT2D eigenvalue weighted by Crippen LogP contribution is -2.19. The predicted molar refractivity (Wildman–Crippen MR) is 118 cm³/mol. The molecule has 2 heterocycles. The number of esters is 2. The van der Waals surface area contributed by atoms with Crippen molar-refractivity contribution >= 4 is 11.9 Å². The maximum atomic E-state index is 12.8. The Labute approximate surface area is 188 Å². The third-order valence-electron chi connectivity index (χ3n) is 4.93. The number of benzene rings is 1. The van der Waals surface area contributed by atoms with E-state index in [-0.39, 0.29) is 43.5 Å². The van der Waals surface area contributed by atoms with Crippen molar-refractivity contribution in [1.82, 2.24) is 14.7 Å². The first-order chi connectivity index (χ1) is 15.6. The second-order valence-electron chi connectivity index (χ2n) is 7.24. The Balaban J connectivity index is 1.89. The summed E-state index contributed by atoms with van der Waals surface area (Å²) in [6, 6.07) is 9.45. The maximum Gasteiger partial charge on any atom is 0.362 e. The summed E-state index contributed by atoms with van der Waals surface area (Å²) in [7, 11) is 0. The summed E-state index contributed by atoms with van der Waals surface area (Å²) in [6.07, 6.45) is 2.39. The van der Waals surface area contributed by atoms with Crippen LogP contribution in [0.5, 0.6) is 5.75 Å². The number of nitrogens with zero attached hydrogens (tertiary/aromatic N) is 3. The minimum atomic E-state index is -0.662. The van der Waals surface area contributed by atoms with E-state index in [2.05, 4.69) is 21.8 Å². The van der Waals surface area contributed by atoms with Crippen molar-refractivity contribution in [2.45, 2.75) is 39.8 Å². The van der Waals surface area contributed by atoms with E-state index in [1.54, 1.807) is 13.8 Å². The summed E-state index contributed by atoms with van der Waals surface area (Å²) in [5.41, 5.74) is 0.878. The average Bonchev–Trinajstić information content (AvgIpc) is 3.44. The number of hydrogen-bond acceptors (Lipinski definition) is 7. The molecule has 1 saturated heterocycles. The first-order valence-electron chi connectivity index (χ1n) is 10.9. The van der Waals surface area contributed by atoms with Gasteiger partial charge in [-0.05, 0) is 45.3 Å². The van der Waals surface area contributed by atoms with Crippen molar-refractivity contribution in [2.24, 2.45) is 0 Å². The van der Waals surface area contributed by atoms with E-state index in [1.165, 1.54) is 17.5 Å². The summed E-state index contributed by atoms with van der Waals surface area (Å²) in [5.74, 6) is 4.93. The predicted octanol–water partition coefficient (Wildman–Crippen LogP) is 2.91. The lowest BCUT2D eigenvalue weighted by molar-refractivity contribution is 0.0506. The summed E-state index contributed by atoms with van der Waals surface area (Å²) < 4.78 is 17.6. The molecule has 3 rings (SSSR count). The molecule has 1 aromatic heterocycles. The Morgan fingerprint density at radius 2 is 1.62 bits per heavy atom. The van der Waals surface area contributed by atoms with Crippen LogP contribution in [-0.2, 0) is 22.6 Å². The zero-order valence-electron chi connectivity index (χ0n) is 18.6. The second kappa shape index (κ2) is 11.9. The monoisotopic (exact) mass is 439 g/mol. The van der Waals surface area contributed by atoms with Crippen molar-refractivity contribution in [3.8, 4) is 17.6 Å². The third kappa shape index (κ3) is 6.11. The van der Waals surface area contributed by atoms with E-state index in [9.17, 15) is 9.59 Å². The molecule has 1 aliphatic heterocycles. The van der Waals surface area contributed by atoms with E-state index in [4.69, 9.17) is 14.2 Å². The lowest BCUT2D eigenvalue weighted by atomic mass is 10.2. The van der Waals surface area contributed by atoms with Gasteiger partial charge in [0.25, 0.3) is 0 Å². The van der Waals surface area contributed by atoms with Crippen LogP contribution in [0.15, 0.2) is 30.3 Å². The summed E-state index contributed by atoms with van der Waals surface area (Å²) in [6.45, 7) is 6.82. The fourth-order valence-electron chi connectivity index (χ4n) is 3.40. The van der Waals surface area contributed by atoms with Crippen LogP contribution in [0.1, 0.15) is 53.2 Å². The van der Waals surface area contributed by atoms with E-state index in [1.807, 2.05) is 30.3 Å². The standard InChI is InChI=1S/C24H29N3O5/c1-3-30-23(28)20-22(32-18-19-12-6-5-7-13-19)21(24(29)31-4-2)27(25-20)17-11-10-16-26-14-8-9-15-26/h5-7,12-13H,3-4,8-9,14-18H2,1-2H3. The molecule has 2 aromatic rings. The van der Waals surface area contributed by atoms with Gasteiger partial charge in [-0.1, -0.05) is 42.2 Å². The molecule has 0 spiro atoms. The Hall–Kier alpha value is -3.31. The van der Waals surface area contributed by atoms with Crippen molar-refractivity contribution in [2.75, 3.05) is 32.8 Å². The average molecular weight is 440 g/mol. The molecule has 1 aliphatic rings. The molecule has 0 aliphatic carbocycles. The van der Waals surface area contributed by atoms with Crippen LogP contribution in [0.2, 0.25) is 0 Å². The number of carbonyl (C=O) groups excluding carboxylic acids is 2. The van der Waals surface area contributed by atoms with E-state index < -0.39 is 11.9 Å². The van der Waals surface area contributed by atoms with Gasteiger partial charge in [0.1, 0.15) is 13.2 Å². The smallest absolute Gasteiger partial charge is 0.362 e. The highest BCUT2D eigenvalue weighted by Gasteiger charge is 2.30. The molecule has 32 heavy (non-hydrogen) atoms. The molecule has 1 aromatic carbocycles. The van der Waals surface area contributed by atoms with Crippen LogP contribution in [-0.4, -0.2) is 59.5 Å². The lowest BCUT2D eigenvalue weighted by Gasteiger charge is -2.10. The van der Waals surface area contributed by atoms with Crippen LogP contribution in [0.4, 0.5) is 0 Å². The Bertz CT molecular complexity index is 969. The largest absolute Gasteiger partial charge is 0.484 e. The van der Waals surface area contributed by atoms with Gasteiger partial charge in [-0.25, -0.2) is 14.3 Å². The molecule has 8 heteroatoms. The van der Waals surface area contributed by atoms with Gasteiger partial charge in [0.05, 0.1) is 19.8 Å². The molecule has 1 fully saturated rings. The number of rotatable bonds is 9. The van der Waals surface area contributed by atoms with E-state index in [0.29, 0.717) is 6.54 Å². The highest BCUT2D eigenvalue weighted by atomic mass is 16.5. The summed E-state index contributed by atoms with van der Waals surface area (Å²) in [5, 5.41) is 4.31. The Morgan fingerprint density at radius 3 is 2.31 bits per heavy atom. The molecule has 0 bridgehead atoms. The van der Waals surface area contributed by atoms with Crippen LogP contribution in [0, 0.1) is 11.8 Å². The highest BCUT2D eigenvalue weighted by Crippen LogP contribution is 2.27. The first kappa shape index (κ1) is 23.4. The van der Waals surface area contributed by atoms with Crippen molar-refractivity contribution in [3.05, 3.63) is 47.3 Å². The van der Waals surface area contributed by atoms with Crippen molar-refractivity contribution in [1.29, 1.82) is 0 Å². The van der Waals surface area contributed by atoms with Gasteiger partial charge in [-0.15, -0.1) is 0 Å². The normalized spacial score (nSPS) is 13.3. The summed E-state index contributed by atoms with van der Waals surface area (Å²) >= 11 is 0. The number of carbonyl (C=O) groups is 2. The number of ether oxygens (including phenoxy) is 3. The van der Waals surface area contributed by atoms with Gasteiger partial charge in [-0.2, -0.15) is 5.10 Å². The molecule has 0 amide bonds. The van der Waals surface area contributed by atoms with Gasteiger partial charge in [0.15, 0.2) is 11.4 Å². The summed E-state index contributed by atoms with van der Waals surface area (Å²) in [4.78, 5) is 27.6. The molecular formula is C24H29N3O5. The number of likely N-dealkylation sites (tertiary alicyclic amines) is 1. The number of aromatic nitrogens is 2. The highest BCUT2D eigenvalue weighted by molar-refractivity contribution is 5.98. The van der Waals surface area contributed by atoms with Crippen LogP contribution in [0.25, 0.3) is 0 Å². The van der Waals surface area contributed by atoms with Crippen LogP contribution >= 0.6 is 0 Å². The van der Waals surface area contributed by atoms with Gasteiger partial charge < -0.3 is 14.2 Å². The molecule has 0 N–H and O–H groups in total. The molecule has 0 unspecified atom stereocenters. The molecule has 0 radical (unpaired) electrons. The second-order valence-corrected chi connectivity index (χ2v) is 7.24. The van der Waals surface area contributed by atoms with Crippen LogP contribution in [0.3, 0.4) is 0 Å². The first-order valence-corrected chi connectivity index (χ1v) is 10.9. The topological polar surface area (TPSA) is 82.9 Å². The quantitative estimate of drug-likeness (QED) is 0.439. The minimum Gasteiger partial charge on any atom is -0.484 e. The van der Waals surface area contributed by atoms with E-state index in [0.717, 1.165) is 18.7 Å². The third-order valence-corrected chi connectivity index (χ3v) is 4.93. The Kier molecular flexibility index (Phi) is 8.70. The SMILES string of the molecule is CCOC(=O)c1nn(CC#CCN2CCCC2)c(C(=O)OCC)c1OCc1ccccc1. The van der Waals surface area contributed by atoms with Gasteiger partial charge >= 0.3 is 11.9 Å².